The Morgan fingerprint density at radius 3 is 2.45 bits per heavy atom. The number of rotatable bonds is 2. The molecule has 2 N–H and O–H groups in total. The number of carbonyl (C=O) groups is 2. The number of piperidine rings is 1. The van der Waals surface area contributed by atoms with Crippen molar-refractivity contribution in [3.05, 3.63) is 30.1 Å². The summed E-state index contributed by atoms with van der Waals surface area (Å²) in [5, 5.41) is 11.6. The maximum atomic E-state index is 13.4. The summed E-state index contributed by atoms with van der Waals surface area (Å²) < 4.78 is 13.4. The highest BCUT2D eigenvalue weighted by Crippen LogP contribution is 2.31. The van der Waals surface area contributed by atoms with Gasteiger partial charge in [-0.3, -0.25) is 4.79 Å². The van der Waals surface area contributed by atoms with Crippen LogP contribution in [0.2, 0.25) is 0 Å². The predicted molar refractivity (Wildman–Crippen MR) is 72.0 cm³/mol. The smallest absolute Gasteiger partial charge is 0.321 e. The van der Waals surface area contributed by atoms with Crippen LogP contribution in [0.3, 0.4) is 0 Å². The van der Waals surface area contributed by atoms with Gasteiger partial charge < -0.3 is 15.3 Å². The van der Waals surface area contributed by atoms with Crippen LogP contribution in [0.15, 0.2) is 24.3 Å². The van der Waals surface area contributed by atoms with E-state index in [9.17, 15) is 14.0 Å². The van der Waals surface area contributed by atoms with Crippen LogP contribution in [0.5, 0.6) is 0 Å². The van der Waals surface area contributed by atoms with Crippen LogP contribution in [-0.4, -0.2) is 35.1 Å². The number of nitrogens with zero attached hydrogens (tertiary/aromatic N) is 1. The van der Waals surface area contributed by atoms with Gasteiger partial charge in [-0.15, -0.1) is 0 Å². The van der Waals surface area contributed by atoms with Crippen molar-refractivity contribution in [1.29, 1.82) is 0 Å². The Labute approximate surface area is 116 Å². The van der Waals surface area contributed by atoms with E-state index in [0.29, 0.717) is 25.9 Å². The Morgan fingerprint density at radius 1 is 1.30 bits per heavy atom. The maximum absolute atomic E-state index is 13.4. The molecule has 1 fully saturated rings. The van der Waals surface area contributed by atoms with E-state index in [1.807, 2.05) is 0 Å². The lowest BCUT2D eigenvalue weighted by Gasteiger charge is -2.36. The monoisotopic (exact) mass is 280 g/mol. The normalized spacial score (nSPS) is 17.6. The lowest BCUT2D eigenvalue weighted by Crippen LogP contribution is -2.46. The van der Waals surface area contributed by atoms with Gasteiger partial charge in [0.2, 0.25) is 0 Å². The third-order valence-corrected chi connectivity index (χ3v) is 3.79. The Bertz CT molecular complexity index is 525. The fourth-order valence-electron chi connectivity index (χ4n) is 2.17. The van der Waals surface area contributed by atoms with Crippen molar-refractivity contribution in [3.63, 3.8) is 0 Å². The lowest BCUT2D eigenvalue weighted by molar-refractivity contribution is -0.150. The standard InChI is InChI=1S/C14H17FN2O3/c1-14(12(18)19)6-8-17(9-7-14)13(20)16-11-5-3-2-4-10(11)15/h2-5H,6-9H2,1H3,(H,16,20)(H,18,19). The van der Waals surface area contributed by atoms with Gasteiger partial charge in [-0.1, -0.05) is 12.1 Å². The second-order valence-electron chi connectivity index (χ2n) is 5.26. The first-order valence-electron chi connectivity index (χ1n) is 6.46. The number of hydrogen-bond acceptors (Lipinski definition) is 2. The Morgan fingerprint density at radius 2 is 1.90 bits per heavy atom. The maximum Gasteiger partial charge on any atom is 0.321 e. The Kier molecular flexibility index (Phi) is 3.92. The summed E-state index contributed by atoms with van der Waals surface area (Å²) in [5.41, 5.74) is -0.654. The molecule has 1 aliphatic heterocycles. The molecule has 20 heavy (non-hydrogen) atoms. The van der Waals surface area contributed by atoms with Gasteiger partial charge in [0.25, 0.3) is 0 Å². The van der Waals surface area contributed by atoms with E-state index in [1.54, 1.807) is 19.1 Å². The number of urea groups is 1. The number of carboxylic acids is 1. The second kappa shape index (κ2) is 5.48. The lowest BCUT2D eigenvalue weighted by atomic mass is 9.80. The van der Waals surface area contributed by atoms with E-state index >= 15 is 0 Å². The number of para-hydroxylation sites is 1. The Hall–Kier alpha value is -2.11. The Balaban J connectivity index is 1.96. The molecule has 0 aliphatic carbocycles. The molecular weight excluding hydrogens is 263 g/mol. The zero-order chi connectivity index (χ0) is 14.8. The number of halogens is 1. The van der Waals surface area contributed by atoms with Gasteiger partial charge in [-0.2, -0.15) is 0 Å². The number of carboxylic acid groups (broad SMARTS) is 1. The molecule has 0 saturated carbocycles. The van der Waals surface area contributed by atoms with E-state index in [4.69, 9.17) is 5.11 Å². The topological polar surface area (TPSA) is 69.6 Å². The van der Waals surface area contributed by atoms with Crippen molar-refractivity contribution in [2.75, 3.05) is 18.4 Å². The molecule has 1 heterocycles. The molecule has 5 nitrogen and oxygen atoms in total. The van der Waals surface area contributed by atoms with Crippen molar-refractivity contribution >= 4 is 17.7 Å². The number of aliphatic carboxylic acids is 1. The number of nitrogens with one attached hydrogen (secondary N) is 1. The van der Waals surface area contributed by atoms with Crippen LogP contribution in [0.25, 0.3) is 0 Å². The highest BCUT2D eigenvalue weighted by molar-refractivity contribution is 5.89. The highest BCUT2D eigenvalue weighted by atomic mass is 19.1. The first-order valence-corrected chi connectivity index (χ1v) is 6.46. The van der Waals surface area contributed by atoms with Gasteiger partial charge in [-0.05, 0) is 31.9 Å². The van der Waals surface area contributed by atoms with Crippen molar-refractivity contribution in [2.24, 2.45) is 5.41 Å². The number of amides is 2. The summed E-state index contributed by atoms with van der Waals surface area (Å²) >= 11 is 0. The van der Waals surface area contributed by atoms with Crippen LogP contribution < -0.4 is 5.32 Å². The van der Waals surface area contributed by atoms with Crippen molar-refractivity contribution in [3.8, 4) is 0 Å². The summed E-state index contributed by atoms with van der Waals surface area (Å²) in [5.74, 6) is -1.33. The molecule has 1 saturated heterocycles. The van der Waals surface area contributed by atoms with Gasteiger partial charge in [0, 0.05) is 13.1 Å². The van der Waals surface area contributed by atoms with Gasteiger partial charge in [0.15, 0.2) is 0 Å². The minimum Gasteiger partial charge on any atom is -0.481 e. The second-order valence-corrected chi connectivity index (χ2v) is 5.26. The molecule has 1 aliphatic rings. The minimum absolute atomic E-state index is 0.129. The van der Waals surface area contributed by atoms with Crippen LogP contribution in [0.4, 0.5) is 14.9 Å². The van der Waals surface area contributed by atoms with Gasteiger partial charge in [0.05, 0.1) is 11.1 Å². The number of likely N-dealkylation sites (tertiary alicyclic amines) is 1. The molecule has 6 heteroatoms. The van der Waals surface area contributed by atoms with Crippen molar-refractivity contribution in [1.82, 2.24) is 4.90 Å². The molecular formula is C14H17FN2O3. The molecule has 0 spiro atoms. The van der Waals surface area contributed by atoms with Crippen LogP contribution in [-0.2, 0) is 4.79 Å². The number of benzene rings is 1. The average Bonchev–Trinajstić information content (AvgIpc) is 2.42. The quantitative estimate of drug-likeness (QED) is 0.874. The third-order valence-electron chi connectivity index (χ3n) is 3.79. The average molecular weight is 280 g/mol. The van der Waals surface area contributed by atoms with Gasteiger partial charge >= 0.3 is 12.0 Å². The molecule has 0 aromatic heterocycles. The van der Waals surface area contributed by atoms with E-state index in [0.717, 1.165) is 0 Å². The number of carbonyl (C=O) groups excluding carboxylic acids is 1. The third kappa shape index (κ3) is 2.89. The largest absolute Gasteiger partial charge is 0.481 e. The van der Waals surface area contributed by atoms with Gasteiger partial charge in [-0.25, -0.2) is 9.18 Å². The van der Waals surface area contributed by atoms with Crippen molar-refractivity contribution < 1.29 is 19.1 Å². The van der Waals surface area contributed by atoms with Crippen LogP contribution in [0.1, 0.15) is 19.8 Å². The molecule has 0 atom stereocenters. The summed E-state index contributed by atoms with van der Waals surface area (Å²) in [6.07, 6.45) is 0.792. The van der Waals surface area contributed by atoms with Crippen molar-refractivity contribution in [2.45, 2.75) is 19.8 Å². The van der Waals surface area contributed by atoms with E-state index in [2.05, 4.69) is 5.32 Å². The summed E-state index contributed by atoms with van der Waals surface area (Å²) in [7, 11) is 0. The molecule has 0 bridgehead atoms. The van der Waals surface area contributed by atoms with E-state index < -0.39 is 23.2 Å². The number of anilines is 1. The molecule has 108 valence electrons. The SMILES string of the molecule is CC1(C(=O)O)CCN(C(=O)Nc2ccccc2F)CC1. The molecule has 1 aromatic rings. The molecule has 0 radical (unpaired) electrons. The fraction of sp³-hybridized carbons (Fsp3) is 0.429. The van der Waals surface area contributed by atoms with Crippen LogP contribution in [0, 0.1) is 11.2 Å². The number of hydrogen-bond donors (Lipinski definition) is 2. The first-order chi connectivity index (χ1) is 9.42. The summed E-state index contributed by atoms with van der Waals surface area (Å²) in [4.78, 5) is 24.6. The van der Waals surface area contributed by atoms with E-state index in [1.165, 1.54) is 17.0 Å². The molecule has 2 amide bonds. The summed E-state index contributed by atoms with van der Waals surface area (Å²) in [6.45, 7) is 2.38. The molecule has 1 aromatic carbocycles. The molecule has 2 rings (SSSR count). The predicted octanol–water partition coefficient (Wildman–Crippen LogP) is 2.54. The summed E-state index contributed by atoms with van der Waals surface area (Å²) in [6, 6.07) is 5.54. The minimum atomic E-state index is -0.841. The first kappa shape index (κ1) is 14.3. The highest BCUT2D eigenvalue weighted by Gasteiger charge is 2.38. The zero-order valence-electron chi connectivity index (χ0n) is 11.2. The van der Waals surface area contributed by atoms with Crippen LogP contribution >= 0.6 is 0 Å². The fourth-order valence-corrected chi connectivity index (χ4v) is 2.17. The molecule has 0 unspecified atom stereocenters. The zero-order valence-corrected chi connectivity index (χ0v) is 11.2. The van der Waals surface area contributed by atoms with E-state index in [-0.39, 0.29) is 5.69 Å². The van der Waals surface area contributed by atoms with Gasteiger partial charge in [0.1, 0.15) is 5.82 Å².